The molecular formula is C13H13N5. The third kappa shape index (κ3) is 1.79. The van der Waals surface area contributed by atoms with Crippen LogP contribution in [-0.4, -0.2) is 26.6 Å². The number of hydrogen-bond acceptors (Lipinski definition) is 4. The minimum Gasteiger partial charge on any atom is -0.370 e. The highest BCUT2D eigenvalue weighted by Gasteiger charge is 2.09. The Hall–Kier alpha value is -2.43. The van der Waals surface area contributed by atoms with Gasteiger partial charge in [-0.05, 0) is 5.56 Å². The number of aromatic nitrogens is 4. The summed E-state index contributed by atoms with van der Waals surface area (Å²) >= 11 is 0. The van der Waals surface area contributed by atoms with Gasteiger partial charge in [0.2, 0.25) is 5.65 Å². The van der Waals surface area contributed by atoms with Gasteiger partial charge in [0, 0.05) is 25.9 Å². The number of fused-ring (bicyclic) bond motifs is 1. The van der Waals surface area contributed by atoms with Gasteiger partial charge in [0.25, 0.3) is 0 Å². The minimum absolute atomic E-state index is 0.740. The van der Waals surface area contributed by atoms with Crippen LogP contribution in [0.4, 0.5) is 5.82 Å². The van der Waals surface area contributed by atoms with Gasteiger partial charge in [-0.2, -0.15) is 0 Å². The molecule has 2 aromatic heterocycles. The van der Waals surface area contributed by atoms with E-state index < -0.39 is 0 Å². The molecule has 3 aromatic rings. The second kappa shape index (κ2) is 4.44. The van der Waals surface area contributed by atoms with E-state index in [4.69, 9.17) is 0 Å². The van der Waals surface area contributed by atoms with Crippen molar-refractivity contribution in [3.63, 3.8) is 0 Å². The molecule has 0 saturated heterocycles. The lowest BCUT2D eigenvalue weighted by Crippen LogP contribution is -2.00. The summed E-state index contributed by atoms with van der Waals surface area (Å²) in [5, 5.41) is 11.4. The Morgan fingerprint density at radius 3 is 2.78 bits per heavy atom. The zero-order valence-electron chi connectivity index (χ0n) is 10.0. The highest BCUT2D eigenvalue weighted by Crippen LogP contribution is 2.14. The number of rotatable bonds is 3. The smallest absolute Gasteiger partial charge is 0.203 e. The topological polar surface area (TPSA) is 55.1 Å². The van der Waals surface area contributed by atoms with Crippen molar-refractivity contribution < 1.29 is 0 Å². The highest BCUT2D eigenvalue weighted by molar-refractivity contribution is 5.61. The monoisotopic (exact) mass is 239 g/mol. The Labute approximate surface area is 105 Å². The van der Waals surface area contributed by atoms with E-state index in [9.17, 15) is 0 Å². The second-order valence-corrected chi connectivity index (χ2v) is 4.00. The van der Waals surface area contributed by atoms with Crippen LogP contribution in [0.5, 0.6) is 0 Å². The van der Waals surface area contributed by atoms with Crippen LogP contribution in [-0.2, 0) is 6.42 Å². The Balaban J connectivity index is 2.03. The summed E-state index contributed by atoms with van der Waals surface area (Å²) in [6.45, 7) is 0. The first-order valence-electron chi connectivity index (χ1n) is 5.79. The molecular weight excluding hydrogens is 226 g/mol. The molecule has 1 N–H and O–H groups in total. The molecule has 0 radical (unpaired) electrons. The Bertz CT molecular complexity index is 659. The van der Waals surface area contributed by atoms with E-state index in [1.165, 1.54) is 5.56 Å². The quantitative estimate of drug-likeness (QED) is 0.756. The standard InChI is InChI=1S/C13H13N5/c1-14-12-13-17-16-11(18(13)8-7-15-12)9-10-5-3-2-4-6-10/h2-8H,9H2,1H3,(H,14,15). The SMILES string of the molecule is CNc1nccn2c(Cc3ccccc3)nnc12. The molecule has 0 atom stereocenters. The number of nitrogens with one attached hydrogen (secondary N) is 1. The van der Waals surface area contributed by atoms with Crippen LogP contribution >= 0.6 is 0 Å². The molecule has 0 amide bonds. The third-order valence-electron chi connectivity index (χ3n) is 2.84. The van der Waals surface area contributed by atoms with Gasteiger partial charge in [0.05, 0.1) is 0 Å². The van der Waals surface area contributed by atoms with E-state index in [1.807, 2.05) is 35.8 Å². The Morgan fingerprint density at radius 1 is 1.17 bits per heavy atom. The zero-order valence-corrected chi connectivity index (χ0v) is 10.0. The van der Waals surface area contributed by atoms with Crippen molar-refractivity contribution in [3.05, 3.63) is 54.1 Å². The van der Waals surface area contributed by atoms with Crippen molar-refractivity contribution in [3.8, 4) is 0 Å². The molecule has 0 aliphatic heterocycles. The summed E-state index contributed by atoms with van der Waals surface area (Å²) in [6.07, 6.45) is 4.39. The summed E-state index contributed by atoms with van der Waals surface area (Å²) in [5.41, 5.74) is 1.97. The summed E-state index contributed by atoms with van der Waals surface area (Å²) in [5.74, 6) is 1.65. The predicted octanol–water partition coefficient (Wildman–Crippen LogP) is 1.76. The van der Waals surface area contributed by atoms with E-state index in [1.54, 1.807) is 6.20 Å². The maximum absolute atomic E-state index is 4.23. The molecule has 5 nitrogen and oxygen atoms in total. The molecule has 0 unspecified atom stereocenters. The lowest BCUT2D eigenvalue weighted by molar-refractivity contribution is 0.931. The first kappa shape index (κ1) is 10.7. The van der Waals surface area contributed by atoms with Crippen molar-refractivity contribution in [2.45, 2.75) is 6.42 Å². The third-order valence-corrected chi connectivity index (χ3v) is 2.84. The molecule has 0 saturated carbocycles. The molecule has 0 spiro atoms. The summed E-state index contributed by atoms with van der Waals surface area (Å²) in [4.78, 5) is 4.21. The summed E-state index contributed by atoms with van der Waals surface area (Å²) < 4.78 is 1.96. The molecule has 0 fully saturated rings. The fourth-order valence-corrected chi connectivity index (χ4v) is 1.95. The van der Waals surface area contributed by atoms with Crippen LogP contribution < -0.4 is 5.32 Å². The zero-order chi connectivity index (χ0) is 12.4. The first-order chi connectivity index (χ1) is 8.88. The van der Waals surface area contributed by atoms with E-state index in [0.29, 0.717) is 0 Å². The van der Waals surface area contributed by atoms with Crippen LogP contribution in [0.15, 0.2) is 42.7 Å². The number of hydrogen-bond donors (Lipinski definition) is 1. The normalized spacial score (nSPS) is 10.7. The van der Waals surface area contributed by atoms with Crippen molar-refractivity contribution >= 4 is 11.5 Å². The molecule has 0 aliphatic rings. The lowest BCUT2D eigenvalue weighted by Gasteiger charge is -2.02. The fraction of sp³-hybridized carbons (Fsp3) is 0.154. The molecule has 0 aliphatic carbocycles. The predicted molar refractivity (Wildman–Crippen MR) is 69.6 cm³/mol. The van der Waals surface area contributed by atoms with Crippen LogP contribution in [0, 0.1) is 0 Å². The van der Waals surface area contributed by atoms with Crippen molar-refractivity contribution in [2.75, 3.05) is 12.4 Å². The molecule has 18 heavy (non-hydrogen) atoms. The van der Waals surface area contributed by atoms with Gasteiger partial charge >= 0.3 is 0 Å². The van der Waals surface area contributed by atoms with Gasteiger partial charge in [-0.1, -0.05) is 30.3 Å². The number of anilines is 1. The first-order valence-corrected chi connectivity index (χ1v) is 5.79. The van der Waals surface area contributed by atoms with E-state index in [-0.39, 0.29) is 0 Å². The van der Waals surface area contributed by atoms with E-state index in [0.717, 1.165) is 23.7 Å². The Kier molecular flexibility index (Phi) is 2.64. The van der Waals surface area contributed by atoms with E-state index in [2.05, 4.69) is 32.6 Å². The van der Waals surface area contributed by atoms with Crippen LogP contribution in [0.2, 0.25) is 0 Å². The molecule has 2 heterocycles. The molecule has 0 bridgehead atoms. The second-order valence-electron chi connectivity index (χ2n) is 4.00. The average Bonchev–Trinajstić information content (AvgIpc) is 2.83. The fourth-order valence-electron chi connectivity index (χ4n) is 1.95. The minimum atomic E-state index is 0.740. The maximum atomic E-state index is 4.23. The summed E-state index contributed by atoms with van der Waals surface area (Å²) in [7, 11) is 1.83. The maximum Gasteiger partial charge on any atom is 0.203 e. The van der Waals surface area contributed by atoms with Gasteiger partial charge in [0.1, 0.15) is 5.82 Å². The van der Waals surface area contributed by atoms with Crippen molar-refractivity contribution in [1.29, 1.82) is 0 Å². The molecule has 90 valence electrons. The van der Waals surface area contributed by atoms with Crippen LogP contribution in [0.25, 0.3) is 5.65 Å². The van der Waals surface area contributed by atoms with E-state index >= 15 is 0 Å². The van der Waals surface area contributed by atoms with Gasteiger partial charge in [0.15, 0.2) is 5.82 Å². The van der Waals surface area contributed by atoms with Gasteiger partial charge in [-0.3, -0.25) is 4.40 Å². The largest absolute Gasteiger partial charge is 0.370 e. The number of nitrogens with zero attached hydrogens (tertiary/aromatic N) is 4. The lowest BCUT2D eigenvalue weighted by atomic mass is 10.1. The molecule has 3 rings (SSSR count). The van der Waals surface area contributed by atoms with Crippen LogP contribution in [0.3, 0.4) is 0 Å². The van der Waals surface area contributed by atoms with Gasteiger partial charge < -0.3 is 5.32 Å². The average molecular weight is 239 g/mol. The van der Waals surface area contributed by atoms with Gasteiger partial charge in [-0.25, -0.2) is 4.98 Å². The highest BCUT2D eigenvalue weighted by atomic mass is 15.3. The molecule has 1 aromatic carbocycles. The summed E-state index contributed by atoms with van der Waals surface area (Å²) in [6, 6.07) is 10.2. The Morgan fingerprint density at radius 2 is 2.00 bits per heavy atom. The van der Waals surface area contributed by atoms with Crippen LogP contribution in [0.1, 0.15) is 11.4 Å². The van der Waals surface area contributed by atoms with Crippen molar-refractivity contribution in [2.24, 2.45) is 0 Å². The molecule has 5 heteroatoms. The van der Waals surface area contributed by atoms with Gasteiger partial charge in [-0.15, -0.1) is 10.2 Å². The number of benzene rings is 1. The van der Waals surface area contributed by atoms with Crippen molar-refractivity contribution in [1.82, 2.24) is 19.6 Å².